The van der Waals surface area contributed by atoms with Gasteiger partial charge >= 0.3 is 0 Å². The van der Waals surface area contributed by atoms with E-state index in [2.05, 4.69) is 4.98 Å². The number of benzene rings is 2. The van der Waals surface area contributed by atoms with Crippen LogP contribution in [-0.2, 0) is 9.59 Å². The number of aliphatic hydroxyl groups is 1. The summed E-state index contributed by atoms with van der Waals surface area (Å²) in [5.41, 5.74) is 1.89. The van der Waals surface area contributed by atoms with Gasteiger partial charge in [-0.3, -0.25) is 19.5 Å². The number of nitrogens with zero attached hydrogens (tertiary/aromatic N) is 2. The molecule has 1 fully saturated rings. The summed E-state index contributed by atoms with van der Waals surface area (Å²) in [5, 5.41) is 11.6. The number of hydrogen-bond acceptors (Lipinski definition) is 5. The highest BCUT2D eigenvalue weighted by atomic mass is 35.5. The molecule has 2 aromatic carbocycles. The molecule has 1 unspecified atom stereocenters. The minimum Gasteiger partial charge on any atom is -0.507 e. The Bertz CT molecular complexity index is 1190. The van der Waals surface area contributed by atoms with Crippen LogP contribution in [0, 0.1) is 6.92 Å². The van der Waals surface area contributed by atoms with Crippen LogP contribution in [0.2, 0.25) is 5.02 Å². The van der Waals surface area contributed by atoms with Crippen molar-refractivity contribution in [1.29, 1.82) is 0 Å². The fraction of sp³-hybridized carbons (Fsp3) is 0.125. The summed E-state index contributed by atoms with van der Waals surface area (Å²) in [5.74, 6) is -1.71. The molecule has 1 aliphatic heterocycles. The molecule has 1 saturated heterocycles. The molecule has 0 saturated carbocycles. The maximum atomic E-state index is 13.1. The van der Waals surface area contributed by atoms with E-state index in [-0.39, 0.29) is 27.7 Å². The van der Waals surface area contributed by atoms with Crippen LogP contribution in [0.4, 0.5) is 5.69 Å². The molecule has 1 amide bonds. The molecule has 7 heteroatoms. The van der Waals surface area contributed by atoms with Crippen LogP contribution in [0.3, 0.4) is 0 Å². The van der Waals surface area contributed by atoms with Gasteiger partial charge in [0.2, 0.25) is 0 Å². The zero-order chi connectivity index (χ0) is 22.1. The molecule has 1 aromatic heterocycles. The van der Waals surface area contributed by atoms with Gasteiger partial charge in [-0.1, -0.05) is 35.9 Å². The highest BCUT2D eigenvalue weighted by Gasteiger charge is 2.47. The van der Waals surface area contributed by atoms with Crippen LogP contribution in [0.5, 0.6) is 5.75 Å². The van der Waals surface area contributed by atoms with E-state index in [4.69, 9.17) is 16.3 Å². The van der Waals surface area contributed by atoms with Gasteiger partial charge < -0.3 is 9.84 Å². The number of Topliss-reactive ketones (excluding diaryl/α,β-unsaturated/α-hetero) is 1. The molecule has 1 N–H and O–H groups in total. The van der Waals surface area contributed by atoms with Gasteiger partial charge in [0.25, 0.3) is 11.7 Å². The molecule has 1 atom stereocenters. The second-order valence-electron chi connectivity index (χ2n) is 7.09. The van der Waals surface area contributed by atoms with Crippen LogP contribution in [-0.4, -0.2) is 28.9 Å². The number of methoxy groups -OCH3 is 1. The van der Waals surface area contributed by atoms with Crippen molar-refractivity contribution in [3.63, 3.8) is 0 Å². The quantitative estimate of drug-likeness (QED) is 0.366. The second-order valence-corrected chi connectivity index (χ2v) is 7.49. The summed E-state index contributed by atoms with van der Waals surface area (Å²) in [6, 6.07) is 16.5. The zero-order valence-corrected chi connectivity index (χ0v) is 17.6. The summed E-state index contributed by atoms with van der Waals surface area (Å²) in [6.07, 6.45) is 1.57. The van der Waals surface area contributed by atoms with Crippen LogP contribution in [0.15, 0.2) is 72.4 Å². The molecular formula is C24H19ClN2O4. The van der Waals surface area contributed by atoms with Gasteiger partial charge in [-0.05, 0) is 48.9 Å². The van der Waals surface area contributed by atoms with E-state index in [9.17, 15) is 14.7 Å². The first-order valence-corrected chi connectivity index (χ1v) is 9.93. The summed E-state index contributed by atoms with van der Waals surface area (Å²) in [6.45, 7) is 1.81. The van der Waals surface area contributed by atoms with E-state index >= 15 is 0 Å². The highest BCUT2D eigenvalue weighted by Crippen LogP contribution is 2.43. The average molecular weight is 435 g/mol. The maximum absolute atomic E-state index is 13.1. The Morgan fingerprint density at radius 1 is 1.10 bits per heavy atom. The maximum Gasteiger partial charge on any atom is 0.300 e. The Balaban J connectivity index is 2.00. The Labute approximate surface area is 184 Å². The van der Waals surface area contributed by atoms with Gasteiger partial charge in [-0.15, -0.1) is 0 Å². The number of aromatic nitrogens is 1. The minimum absolute atomic E-state index is 0.0764. The first-order valence-electron chi connectivity index (χ1n) is 9.55. The lowest BCUT2D eigenvalue weighted by molar-refractivity contribution is -0.132. The number of anilines is 1. The SMILES string of the molecule is COc1c(Cl)cc(C)cc1/C(O)=C1\C(=O)C(=O)N(c2ccccc2)C1c1ccccn1. The molecule has 3 aromatic rings. The van der Waals surface area contributed by atoms with Crippen LogP contribution in [0.1, 0.15) is 22.9 Å². The molecule has 4 rings (SSSR count). The van der Waals surface area contributed by atoms with Crippen molar-refractivity contribution < 1.29 is 19.4 Å². The highest BCUT2D eigenvalue weighted by molar-refractivity contribution is 6.51. The van der Waals surface area contributed by atoms with E-state index in [1.807, 2.05) is 6.07 Å². The number of pyridine rings is 1. The van der Waals surface area contributed by atoms with Crippen molar-refractivity contribution in [3.8, 4) is 5.75 Å². The lowest BCUT2D eigenvalue weighted by atomic mass is 9.97. The number of ketones is 1. The number of rotatable bonds is 4. The van der Waals surface area contributed by atoms with E-state index in [1.54, 1.807) is 67.7 Å². The van der Waals surface area contributed by atoms with E-state index < -0.39 is 17.7 Å². The Morgan fingerprint density at radius 3 is 2.45 bits per heavy atom. The standard InChI is InChI=1S/C24H19ClN2O4/c1-14-12-16(23(31-2)17(25)13-14)21(28)19-20(18-10-6-7-11-26-18)27(24(30)22(19)29)15-8-4-3-5-9-15/h3-13,20,28H,1-2H3/b21-19+. The number of carbonyl (C=O) groups is 2. The Morgan fingerprint density at radius 2 is 1.81 bits per heavy atom. The largest absolute Gasteiger partial charge is 0.507 e. The normalized spacial score (nSPS) is 17.8. The fourth-order valence-corrected chi connectivity index (χ4v) is 4.11. The molecule has 1 aliphatic rings. The molecule has 31 heavy (non-hydrogen) atoms. The van der Waals surface area contributed by atoms with Crippen LogP contribution in [0.25, 0.3) is 5.76 Å². The molecule has 0 aliphatic carbocycles. The first-order chi connectivity index (χ1) is 14.9. The Kier molecular flexibility index (Phi) is 5.48. The van der Waals surface area contributed by atoms with Crippen molar-refractivity contribution >= 4 is 34.7 Å². The van der Waals surface area contributed by atoms with Crippen molar-refractivity contribution in [3.05, 3.63) is 94.3 Å². The third-order valence-corrected chi connectivity index (χ3v) is 5.37. The topological polar surface area (TPSA) is 79.7 Å². The van der Waals surface area contributed by atoms with Crippen molar-refractivity contribution in [2.24, 2.45) is 0 Å². The van der Waals surface area contributed by atoms with Gasteiger partial charge in [-0.2, -0.15) is 0 Å². The predicted molar refractivity (Wildman–Crippen MR) is 118 cm³/mol. The summed E-state index contributed by atoms with van der Waals surface area (Å²) in [4.78, 5) is 31.9. The number of aryl methyl sites for hydroxylation is 1. The number of para-hydroxylation sites is 1. The molecule has 0 radical (unpaired) electrons. The van der Waals surface area contributed by atoms with Crippen LogP contribution >= 0.6 is 11.6 Å². The molecule has 156 valence electrons. The van der Waals surface area contributed by atoms with Crippen molar-refractivity contribution in [2.75, 3.05) is 12.0 Å². The third kappa shape index (κ3) is 3.55. The molecule has 0 bridgehead atoms. The lowest BCUT2D eigenvalue weighted by Crippen LogP contribution is -2.29. The fourth-order valence-electron chi connectivity index (χ4n) is 3.76. The monoisotopic (exact) mass is 434 g/mol. The molecule has 6 nitrogen and oxygen atoms in total. The van der Waals surface area contributed by atoms with Gasteiger partial charge in [-0.25, -0.2) is 0 Å². The Hall–Kier alpha value is -3.64. The molecule has 2 heterocycles. The van der Waals surface area contributed by atoms with Gasteiger partial charge in [0, 0.05) is 11.9 Å². The number of aliphatic hydroxyl groups excluding tert-OH is 1. The smallest absolute Gasteiger partial charge is 0.300 e. The third-order valence-electron chi connectivity index (χ3n) is 5.09. The van der Waals surface area contributed by atoms with E-state index in [0.717, 1.165) is 5.56 Å². The molecular weight excluding hydrogens is 416 g/mol. The minimum atomic E-state index is -0.910. The summed E-state index contributed by atoms with van der Waals surface area (Å²) in [7, 11) is 1.42. The number of ether oxygens (including phenoxy) is 1. The number of carbonyl (C=O) groups excluding carboxylic acids is 2. The van der Waals surface area contributed by atoms with Gasteiger partial charge in [0.1, 0.15) is 17.6 Å². The zero-order valence-electron chi connectivity index (χ0n) is 16.9. The average Bonchev–Trinajstić information content (AvgIpc) is 3.04. The second kappa shape index (κ2) is 8.24. The number of hydrogen-bond donors (Lipinski definition) is 1. The predicted octanol–water partition coefficient (Wildman–Crippen LogP) is 4.68. The van der Waals surface area contributed by atoms with Gasteiger partial charge in [0.05, 0.1) is 29.0 Å². The van der Waals surface area contributed by atoms with Gasteiger partial charge in [0.15, 0.2) is 0 Å². The molecule has 0 spiro atoms. The van der Waals surface area contributed by atoms with E-state index in [1.165, 1.54) is 12.0 Å². The summed E-state index contributed by atoms with van der Waals surface area (Å²) >= 11 is 6.30. The van der Waals surface area contributed by atoms with Crippen molar-refractivity contribution in [2.45, 2.75) is 13.0 Å². The lowest BCUT2D eigenvalue weighted by Gasteiger charge is -2.24. The number of amides is 1. The first kappa shape index (κ1) is 20.6. The summed E-state index contributed by atoms with van der Waals surface area (Å²) < 4.78 is 5.37. The number of halogens is 1. The van der Waals surface area contributed by atoms with Crippen molar-refractivity contribution in [1.82, 2.24) is 4.98 Å². The van der Waals surface area contributed by atoms with E-state index in [0.29, 0.717) is 11.4 Å². The van der Waals surface area contributed by atoms with Crippen LogP contribution < -0.4 is 9.64 Å².